The van der Waals surface area contributed by atoms with Crippen LogP contribution >= 0.6 is 0 Å². The Bertz CT molecular complexity index is 249. The van der Waals surface area contributed by atoms with Gasteiger partial charge in [-0.15, -0.1) is 0 Å². The first kappa shape index (κ1) is 11.8. The van der Waals surface area contributed by atoms with Gasteiger partial charge in [-0.2, -0.15) is 0 Å². The molecule has 1 aliphatic rings. The lowest BCUT2D eigenvalue weighted by Crippen LogP contribution is -2.51. The van der Waals surface area contributed by atoms with E-state index in [1.165, 1.54) is 11.3 Å². The Morgan fingerprint density at radius 3 is 2.40 bits per heavy atom. The van der Waals surface area contributed by atoms with Crippen LogP contribution in [0.1, 0.15) is 33.1 Å². The lowest BCUT2D eigenvalue weighted by Gasteiger charge is -2.32. The number of urea groups is 1. The van der Waals surface area contributed by atoms with E-state index >= 15 is 0 Å². The van der Waals surface area contributed by atoms with E-state index in [1.807, 2.05) is 13.8 Å². The first-order valence-corrected chi connectivity index (χ1v) is 5.36. The van der Waals surface area contributed by atoms with E-state index in [-0.39, 0.29) is 24.7 Å². The number of nitrogens with one attached hydrogen (secondary N) is 1. The van der Waals surface area contributed by atoms with Crippen LogP contribution < -0.4 is 11.1 Å². The molecule has 0 aromatic carbocycles. The summed E-state index contributed by atoms with van der Waals surface area (Å²) in [5.41, 5.74) is 5.09. The summed E-state index contributed by atoms with van der Waals surface area (Å²) in [6.07, 6.45) is 3.24. The van der Waals surface area contributed by atoms with Crippen molar-refractivity contribution >= 4 is 11.9 Å². The zero-order valence-corrected chi connectivity index (χ0v) is 9.32. The smallest absolute Gasteiger partial charge is 0.318 e. The van der Waals surface area contributed by atoms with Gasteiger partial charge in [0, 0.05) is 12.1 Å². The zero-order valence-electron chi connectivity index (χ0n) is 9.32. The fourth-order valence-electron chi connectivity index (χ4n) is 1.47. The molecule has 0 aliphatic heterocycles. The van der Waals surface area contributed by atoms with Crippen LogP contribution in [0, 0.1) is 0 Å². The number of hydrogen-bond donors (Lipinski definition) is 2. The van der Waals surface area contributed by atoms with Crippen molar-refractivity contribution in [1.82, 2.24) is 10.2 Å². The summed E-state index contributed by atoms with van der Waals surface area (Å²) < 4.78 is 0. The van der Waals surface area contributed by atoms with Gasteiger partial charge in [0.15, 0.2) is 0 Å². The molecule has 0 radical (unpaired) electrons. The van der Waals surface area contributed by atoms with E-state index in [1.54, 1.807) is 0 Å². The van der Waals surface area contributed by atoms with Crippen molar-refractivity contribution in [2.75, 3.05) is 6.54 Å². The molecule has 1 aliphatic carbocycles. The topological polar surface area (TPSA) is 75.4 Å². The fraction of sp³-hybridized carbons (Fsp3) is 0.800. The minimum Gasteiger partial charge on any atom is -0.368 e. The molecule has 3 amide bonds. The van der Waals surface area contributed by atoms with Gasteiger partial charge in [-0.05, 0) is 33.1 Å². The number of carbonyl (C=O) groups excluding carboxylic acids is 2. The van der Waals surface area contributed by atoms with E-state index in [0.29, 0.717) is 0 Å². The second-order valence-corrected chi connectivity index (χ2v) is 4.27. The van der Waals surface area contributed by atoms with Crippen LogP contribution in [-0.4, -0.2) is 35.5 Å². The van der Waals surface area contributed by atoms with Crippen molar-refractivity contribution in [3.05, 3.63) is 0 Å². The molecule has 5 heteroatoms. The lowest BCUT2D eigenvalue weighted by molar-refractivity contribution is -0.118. The number of primary amides is 1. The van der Waals surface area contributed by atoms with Crippen molar-refractivity contribution in [2.24, 2.45) is 5.73 Å². The summed E-state index contributed by atoms with van der Waals surface area (Å²) in [4.78, 5) is 24.0. The van der Waals surface area contributed by atoms with Crippen LogP contribution in [0.25, 0.3) is 0 Å². The van der Waals surface area contributed by atoms with Gasteiger partial charge < -0.3 is 16.0 Å². The molecule has 0 aromatic heterocycles. The molecule has 0 atom stereocenters. The highest BCUT2D eigenvalue weighted by atomic mass is 16.2. The quantitative estimate of drug-likeness (QED) is 0.711. The van der Waals surface area contributed by atoms with Crippen LogP contribution in [-0.2, 0) is 4.79 Å². The Kier molecular flexibility index (Phi) is 3.94. The largest absolute Gasteiger partial charge is 0.368 e. The molecular formula is C10H19N3O2. The molecule has 0 bridgehead atoms. The zero-order chi connectivity index (χ0) is 11.4. The summed E-state index contributed by atoms with van der Waals surface area (Å²) in [6, 6.07) is 0.0812. The van der Waals surface area contributed by atoms with Gasteiger partial charge in [0.1, 0.15) is 6.54 Å². The standard InChI is InChI=1S/C10H19N3O2/c1-7(2)13(6-9(11)14)10(15)12-8-4-3-5-8/h7-8H,3-6H2,1-2H3,(H2,11,14)(H,12,15). The molecule has 1 rings (SSSR count). The second kappa shape index (κ2) is 5.00. The average Bonchev–Trinajstić information content (AvgIpc) is 2.06. The van der Waals surface area contributed by atoms with Crippen LogP contribution in [0.15, 0.2) is 0 Å². The first-order valence-electron chi connectivity index (χ1n) is 5.36. The maximum atomic E-state index is 11.7. The van der Waals surface area contributed by atoms with Gasteiger partial charge in [-0.1, -0.05) is 0 Å². The molecule has 1 fully saturated rings. The van der Waals surface area contributed by atoms with Crippen LogP contribution in [0.2, 0.25) is 0 Å². The van der Waals surface area contributed by atoms with Crippen molar-refractivity contribution in [2.45, 2.75) is 45.2 Å². The minimum absolute atomic E-state index is 0.0161. The maximum Gasteiger partial charge on any atom is 0.318 e. The number of rotatable bonds is 4. The summed E-state index contributed by atoms with van der Waals surface area (Å²) >= 11 is 0. The molecule has 5 nitrogen and oxygen atoms in total. The number of hydrogen-bond acceptors (Lipinski definition) is 2. The first-order chi connectivity index (χ1) is 7.00. The van der Waals surface area contributed by atoms with Crippen molar-refractivity contribution in [1.29, 1.82) is 0 Å². The van der Waals surface area contributed by atoms with Crippen molar-refractivity contribution < 1.29 is 9.59 Å². The Morgan fingerprint density at radius 2 is 2.07 bits per heavy atom. The van der Waals surface area contributed by atoms with Gasteiger partial charge in [-0.3, -0.25) is 4.79 Å². The van der Waals surface area contributed by atoms with E-state index in [0.717, 1.165) is 12.8 Å². The Balaban J connectivity index is 2.46. The number of nitrogens with zero attached hydrogens (tertiary/aromatic N) is 1. The molecule has 0 saturated heterocycles. The number of amides is 3. The number of carbonyl (C=O) groups is 2. The minimum atomic E-state index is -0.479. The Morgan fingerprint density at radius 1 is 1.47 bits per heavy atom. The third-order valence-electron chi connectivity index (χ3n) is 2.64. The highest BCUT2D eigenvalue weighted by Gasteiger charge is 2.24. The molecule has 0 aromatic rings. The van der Waals surface area contributed by atoms with Gasteiger partial charge in [0.2, 0.25) is 5.91 Å². The molecule has 1 saturated carbocycles. The fourth-order valence-corrected chi connectivity index (χ4v) is 1.47. The van der Waals surface area contributed by atoms with Crippen molar-refractivity contribution in [3.8, 4) is 0 Å². The van der Waals surface area contributed by atoms with E-state index in [9.17, 15) is 9.59 Å². The normalized spacial score (nSPS) is 15.9. The predicted octanol–water partition coefficient (Wildman–Crippen LogP) is 0.444. The molecule has 15 heavy (non-hydrogen) atoms. The molecule has 0 spiro atoms. The van der Waals surface area contributed by atoms with Crippen molar-refractivity contribution in [3.63, 3.8) is 0 Å². The monoisotopic (exact) mass is 213 g/mol. The van der Waals surface area contributed by atoms with Gasteiger partial charge in [0.05, 0.1) is 0 Å². The summed E-state index contributed by atoms with van der Waals surface area (Å²) in [6.45, 7) is 3.71. The molecule has 86 valence electrons. The average molecular weight is 213 g/mol. The SMILES string of the molecule is CC(C)N(CC(N)=O)C(=O)NC1CCC1. The van der Waals surface area contributed by atoms with Crippen LogP contribution in [0.5, 0.6) is 0 Å². The third-order valence-corrected chi connectivity index (χ3v) is 2.64. The Hall–Kier alpha value is -1.26. The molecule has 0 unspecified atom stereocenters. The van der Waals surface area contributed by atoms with E-state index < -0.39 is 5.91 Å². The van der Waals surface area contributed by atoms with E-state index in [4.69, 9.17) is 5.73 Å². The second-order valence-electron chi connectivity index (χ2n) is 4.27. The summed E-state index contributed by atoms with van der Waals surface area (Å²) in [7, 11) is 0. The Labute approximate surface area is 90.0 Å². The maximum absolute atomic E-state index is 11.7. The highest BCUT2D eigenvalue weighted by molar-refractivity contribution is 5.83. The molecule has 3 N–H and O–H groups in total. The van der Waals surface area contributed by atoms with Crippen LogP contribution in [0.4, 0.5) is 4.79 Å². The van der Waals surface area contributed by atoms with Gasteiger partial charge >= 0.3 is 6.03 Å². The van der Waals surface area contributed by atoms with Gasteiger partial charge in [-0.25, -0.2) is 4.79 Å². The van der Waals surface area contributed by atoms with Gasteiger partial charge in [0.25, 0.3) is 0 Å². The number of nitrogens with two attached hydrogens (primary N) is 1. The highest BCUT2D eigenvalue weighted by Crippen LogP contribution is 2.18. The summed E-state index contributed by atoms with van der Waals surface area (Å²) in [5, 5.41) is 2.88. The predicted molar refractivity (Wildman–Crippen MR) is 57.2 cm³/mol. The molecule has 0 heterocycles. The van der Waals surface area contributed by atoms with E-state index in [2.05, 4.69) is 5.32 Å². The third kappa shape index (κ3) is 3.42. The van der Waals surface area contributed by atoms with Crippen LogP contribution in [0.3, 0.4) is 0 Å². The summed E-state index contributed by atoms with van der Waals surface area (Å²) in [5.74, 6) is -0.479. The lowest BCUT2D eigenvalue weighted by atomic mass is 9.93. The molecular weight excluding hydrogens is 194 g/mol.